The lowest BCUT2D eigenvalue weighted by atomic mass is 10.2. The average Bonchev–Trinajstić information content (AvgIpc) is 2.15. The fourth-order valence-electron chi connectivity index (χ4n) is 1.12. The highest BCUT2D eigenvalue weighted by Gasteiger charge is 2.08. The Morgan fingerprint density at radius 3 is 2.62 bits per heavy atom. The van der Waals surface area contributed by atoms with Gasteiger partial charge in [-0.05, 0) is 12.1 Å². The van der Waals surface area contributed by atoms with Crippen molar-refractivity contribution in [3.8, 4) is 10.8 Å². The molecule has 66 valence electrons. The fraction of sp³-hybridized carbons (Fsp3) is 0. The van der Waals surface area contributed by atoms with E-state index in [1.54, 1.807) is 24.3 Å². The Labute approximate surface area is 77.5 Å². The Balaban J connectivity index is 3.03. The standard InChI is InChI=1S/C9H6O3S/c10-7-5-3-1-2-4-6(5)13-9(12)8(7)11/h1-4,11-12H. The number of aromatic hydroxyl groups is 2. The highest BCUT2D eigenvalue weighted by atomic mass is 32.1. The highest BCUT2D eigenvalue weighted by molar-refractivity contribution is 7.20. The molecule has 3 nitrogen and oxygen atoms in total. The summed E-state index contributed by atoms with van der Waals surface area (Å²) in [5.74, 6) is -0.566. The Bertz CT molecular complexity index is 516. The van der Waals surface area contributed by atoms with Crippen LogP contribution >= 0.6 is 11.3 Å². The third-order valence-electron chi connectivity index (χ3n) is 1.76. The summed E-state index contributed by atoms with van der Waals surface area (Å²) in [7, 11) is 0. The summed E-state index contributed by atoms with van der Waals surface area (Å²) in [5, 5.41) is 18.4. The predicted molar refractivity (Wildman–Crippen MR) is 51.4 cm³/mol. The lowest BCUT2D eigenvalue weighted by Gasteiger charge is -1.98. The number of rotatable bonds is 0. The molecule has 0 amide bonds. The van der Waals surface area contributed by atoms with Crippen molar-refractivity contribution in [3.63, 3.8) is 0 Å². The minimum absolute atomic E-state index is 0.330. The second kappa shape index (κ2) is 2.74. The molecule has 1 heterocycles. The van der Waals surface area contributed by atoms with Gasteiger partial charge in [0, 0.05) is 10.1 Å². The van der Waals surface area contributed by atoms with Gasteiger partial charge in [-0.1, -0.05) is 23.5 Å². The molecule has 0 aliphatic carbocycles. The number of hydrogen-bond donors (Lipinski definition) is 2. The predicted octanol–water partition coefficient (Wildman–Crippen LogP) is 1.67. The maximum atomic E-state index is 11.3. The van der Waals surface area contributed by atoms with E-state index in [2.05, 4.69) is 0 Å². The van der Waals surface area contributed by atoms with Crippen molar-refractivity contribution in [2.24, 2.45) is 0 Å². The molecule has 13 heavy (non-hydrogen) atoms. The zero-order chi connectivity index (χ0) is 9.42. The SMILES string of the molecule is O=c1c(O)c(O)sc2ccccc12. The smallest absolute Gasteiger partial charge is 0.233 e. The molecule has 0 spiro atoms. The maximum Gasteiger partial charge on any atom is 0.233 e. The van der Waals surface area contributed by atoms with Gasteiger partial charge in [-0.3, -0.25) is 4.79 Å². The third kappa shape index (κ3) is 1.15. The first-order valence-corrected chi connectivity index (χ1v) is 4.45. The van der Waals surface area contributed by atoms with Crippen molar-refractivity contribution in [3.05, 3.63) is 34.5 Å². The van der Waals surface area contributed by atoms with Crippen LogP contribution in [0, 0.1) is 0 Å². The van der Waals surface area contributed by atoms with Gasteiger partial charge in [-0.25, -0.2) is 0 Å². The van der Waals surface area contributed by atoms with Crippen molar-refractivity contribution in [1.29, 1.82) is 0 Å². The van der Waals surface area contributed by atoms with Crippen LogP contribution in [0.15, 0.2) is 29.1 Å². The van der Waals surface area contributed by atoms with Gasteiger partial charge < -0.3 is 10.2 Å². The second-order valence-electron chi connectivity index (χ2n) is 2.58. The van der Waals surface area contributed by atoms with Gasteiger partial charge in [0.15, 0.2) is 0 Å². The number of benzene rings is 1. The van der Waals surface area contributed by atoms with Gasteiger partial charge in [0.2, 0.25) is 16.2 Å². The number of fused-ring (bicyclic) bond motifs is 1. The minimum atomic E-state index is -0.566. The van der Waals surface area contributed by atoms with Crippen LogP contribution in [0.25, 0.3) is 10.1 Å². The van der Waals surface area contributed by atoms with Crippen molar-refractivity contribution in [2.75, 3.05) is 0 Å². The van der Waals surface area contributed by atoms with E-state index in [1.165, 1.54) is 0 Å². The summed E-state index contributed by atoms with van der Waals surface area (Å²) in [6.45, 7) is 0. The lowest BCUT2D eigenvalue weighted by molar-refractivity contribution is 0.411. The van der Waals surface area contributed by atoms with Gasteiger partial charge in [0.05, 0.1) is 0 Å². The summed E-state index contributed by atoms with van der Waals surface area (Å²) in [6, 6.07) is 6.83. The molecule has 0 atom stereocenters. The molecule has 0 saturated heterocycles. The molecule has 0 aliphatic heterocycles. The first kappa shape index (κ1) is 8.07. The van der Waals surface area contributed by atoms with Crippen molar-refractivity contribution in [1.82, 2.24) is 0 Å². The monoisotopic (exact) mass is 194 g/mol. The van der Waals surface area contributed by atoms with Gasteiger partial charge in [-0.15, -0.1) is 0 Å². The molecule has 0 unspecified atom stereocenters. The van der Waals surface area contributed by atoms with Crippen LogP contribution in [-0.4, -0.2) is 10.2 Å². The van der Waals surface area contributed by atoms with E-state index in [0.29, 0.717) is 10.1 Å². The number of hydrogen-bond acceptors (Lipinski definition) is 4. The Kier molecular flexibility index (Phi) is 1.70. The molecule has 2 rings (SSSR count). The van der Waals surface area contributed by atoms with Crippen LogP contribution in [0.2, 0.25) is 0 Å². The van der Waals surface area contributed by atoms with Crippen LogP contribution in [0.5, 0.6) is 10.8 Å². The Hall–Kier alpha value is -1.55. The molecule has 0 radical (unpaired) electrons. The second-order valence-corrected chi connectivity index (χ2v) is 3.61. The molecule has 0 bridgehead atoms. The van der Waals surface area contributed by atoms with E-state index >= 15 is 0 Å². The Morgan fingerprint density at radius 2 is 1.85 bits per heavy atom. The quantitative estimate of drug-likeness (QED) is 0.670. The molecular formula is C9H6O3S. The van der Waals surface area contributed by atoms with Gasteiger partial charge in [0.25, 0.3) is 0 Å². The first-order valence-electron chi connectivity index (χ1n) is 3.64. The van der Waals surface area contributed by atoms with E-state index in [4.69, 9.17) is 10.2 Å². The Morgan fingerprint density at radius 1 is 1.15 bits per heavy atom. The highest BCUT2D eigenvalue weighted by Crippen LogP contribution is 2.30. The molecule has 0 fully saturated rings. The van der Waals surface area contributed by atoms with Crippen molar-refractivity contribution in [2.45, 2.75) is 0 Å². The van der Waals surface area contributed by atoms with Gasteiger partial charge >= 0.3 is 0 Å². The molecule has 0 saturated carbocycles. The third-order valence-corrected chi connectivity index (χ3v) is 2.72. The van der Waals surface area contributed by atoms with Crippen LogP contribution < -0.4 is 5.43 Å². The summed E-state index contributed by atoms with van der Waals surface area (Å²) < 4.78 is 0.669. The summed E-state index contributed by atoms with van der Waals surface area (Å²) >= 11 is 0.988. The minimum Gasteiger partial charge on any atom is -0.501 e. The molecule has 2 N–H and O–H groups in total. The molecule has 2 aromatic rings. The zero-order valence-electron chi connectivity index (χ0n) is 6.52. The maximum absolute atomic E-state index is 11.3. The van der Waals surface area contributed by atoms with Gasteiger partial charge in [0.1, 0.15) is 0 Å². The molecule has 4 heteroatoms. The van der Waals surface area contributed by atoms with E-state index in [-0.39, 0.29) is 5.06 Å². The molecule has 1 aromatic carbocycles. The normalized spacial score (nSPS) is 10.5. The van der Waals surface area contributed by atoms with E-state index in [9.17, 15) is 4.79 Å². The van der Waals surface area contributed by atoms with Crippen LogP contribution in [0.1, 0.15) is 0 Å². The molecular weight excluding hydrogens is 188 g/mol. The molecule has 1 aromatic heterocycles. The summed E-state index contributed by atoms with van der Waals surface area (Å²) in [6.07, 6.45) is 0. The largest absolute Gasteiger partial charge is 0.501 e. The van der Waals surface area contributed by atoms with E-state index in [0.717, 1.165) is 11.3 Å². The summed E-state index contributed by atoms with van der Waals surface area (Å²) in [4.78, 5) is 11.3. The van der Waals surface area contributed by atoms with Gasteiger partial charge in [-0.2, -0.15) is 0 Å². The molecule has 0 aliphatic rings. The van der Waals surface area contributed by atoms with E-state index < -0.39 is 11.2 Å². The van der Waals surface area contributed by atoms with Crippen LogP contribution in [-0.2, 0) is 0 Å². The van der Waals surface area contributed by atoms with Crippen LogP contribution in [0.3, 0.4) is 0 Å². The zero-order valence-corrected chi connectivity index (χ0v) is 7.34. The van der Waals surface area contributed by atoms with E-state index in [1.807, 2.05) is 0 Å². The topological polar surface area (TPSA) is 57.5 Å². The van der Waals surface area contributed by atoms with Crippen molar-refractivity contribution < 1.29 is 10.2 Å². The van der Waals surface area contributed by atoms with Crippen LogP contribution in [0.4, 0.5) is 0 Å². The van der Waals surface area contributed by atoms with Crippen molar-refractivity contribution >= 4 is 21.4 Å². The first-order chi connectivity index (χ1) is 6.20. The lowest BCUT2D eigenvalue weighted by Crippen LogP contribution is -1.98. The average molecular weight is 194 g/mol. The fourth-order valence-corrected chi connectivity index (χ4v) is 1.94. The summed E-state index contributed by atoms with van der Waals surface area (Å²) in [5.41, 5.74) is -0.521.